The molecule has 0 aliphatic heterocycles. The Bertz CT molecular complexity index is 516. The summed E-state index contributed by atoms with van der Waals surface area (Å²) >= 11 is 0. The third-order valence-corrected chi connectivity index (χ3v) is 2.66. The molecular formula is C12H8F7NO. The molecule has 0 radical (unpaired) electrons. The number of halogens is 7. The maximum Gasteiger partial charge on any atom is 0.415 e. The third-order valence-electron chi connectivity index (χ3n) is 2.66. The van der Waals surface area contributed by atoms with Crippen LogP contribution in [0.4, 0.5) is 36.4 Å². The molecule has 1 N–H and O–H groups in total. The van der Waals surface area contributed by atoms with E-state index in [2.05, 4.69) is 6.58 Å². The van der Waals surface area contributed by atoms with Gasteiger partial charge in [0.25, 0.3) is 11.3 Å². The van der Waals surface area contributed by atoms with Gasteiger partial charge in [-0.2, -0.15) is 26.3 Å². The van der Waals surface area contributed by atoms with Gasteiger partial charge in [0.1, 0.15) is 5.82 Å². The Hall–Kier alpha value is -2.06. The highest BCUT2D eigenvalue weighted by molar-refractivity contribution is 5.98. The number of rotatable bonds is 3. The van der Waals surface area contributed by atoms with Gasteiger partial charge in [-0.25, -0.2) is 4.39 Å². The quantitative estimate of drug-likeness (QED) is 0.661. The van der Waals surface area contributed by atoms with Crippen molar-refractivity contribution in [3.05, 3.63) is 42.7 Å². The van der Waals surface area contributed by atoms with E-state index < -0.39 is 41.3 Å². The van der Waals surface area contributed by atoms with Crippen molar-refractivity contribution < 1.29 is 35.5 Å². The predicted molar refractivity (Wildman–Crippen MR) is 59.8 cm³/mol. The molecule has 9 heteroatoms. The van der Waals surface area contributed by atoms with E-state index in [1.165, 1.54) is 5.32 Å². The van der Waals surface area contributed by atoms with E-state index in [0.717, 1.165) is 24.3 Å². The fourth-order valence-electron chi connectivity index (χ4n) is 1.51. The molecule has 1 aromatic carbocycles. The zero-order valence-corrected chi connectivity index (χ0v) is 10.1. The van der Waals surface area contributed by atoms with Gasteiger partial charge in [-0.3, -0.25) is 4.79 Å². The molecule has 1 aromatic rings. The van der Waals surface area contributed by atoms with Crippen LogP contribution in [0.2, 0.25) is 0 Å². The van der Waals surface area contributed by atoms with Crippen LogP contribution in [0.1, 0.15) is 0 Å². The lowest BCUT2D eigenvalue weighted by Crippen LogP contribution is -2.56. The normalized spacial score (nSPS) is 12.9. The molecule has 0 atom stereocenters. The van der Waals surface area contributed by atoms with Gasteiger partial charge < -0.3 is 5.32 Å². The molecule has 2 nitrogen and oxygen atoms in total. The molecule has 0 spiro atoms. The summed E-state index contributed by atoms with van der Waals surface area (Å²) in [5, 5.41) is 1.46. The largest absolute Gasteiger partial charge is 0.415 e. The smallest absolute Gasteiger partial charge is 0.325 e. The SMILES string of the molecule is C=CC(C(=O)Nc1ccc(F)cc1)(C(F)(F)F)C(F)(F)F. The lowest BCUT2D eigenvalue weighted by molar-refractivity contribution is -0.305. The first-order chi connectivity index (χ1) is 9.45. The Balaban J connectivity index is 3.24. The van der Waals surface area contributed by atoms with E-state index in [9.17, 15) is 35.5 Å². The number of carbonyl (C=O) groups excluding carboxylic acids is 1. The van der Waals surface area contributed by atoms with Gasteiger partial charge in [0.15, 0.2) is 0 Å². The Labute approximate surface area is 114 Å². The van der Waals surface area contributed by atoms with Crippen LogP contribution in [0, 0.1) is 11.2 Å². The Kier molecular flexibility index (Phi) is 4.35. The van der Waals surface area contributed by atoms with E-state index in [1.54, 1.807) is 0 Å². The minimum Gasteiger partial charge on any atom is -0.325 e. The summed E-state index contributed by atoms with van der Waals surface area (Å²) in [6.07, 6.45) is -12.4. The van der Waals surface area contributed by atoms with Crippen molar-refractivity contribution in [3.8, 4) is 0 Å². The van der Waals surface area contributed by atoms with Crippen LogP contribution >= 0.6 is 0 Å². The van der Waals surface area contributed by atoms with Crippen molar-refractivity contribution in [2.45, 2.75) is 12.4 Å². The average molecular weight is 315 g/mol. The molecule has 0 saturated carbocycles. The summed E-state index contributed by atoms with van der Waals surface area (Å²) in [5.41, 5.74) is -5.17. The predicted octanol–water partition coefficient (Wildman–Crippen LogP) is 4.06. The summed E-state index contributed by atoms with van der Waals surface area (Å²) in [6, 6.07) is 3.19. The molecule has 0 aromatic heterocycles. The van der Waals surface area contributed by atoms with Crippen LogP contribution in [0.3, 0.4) is 0 Å². The van der Waals surface area contributed by atoms with Crippen molar-refractivity contribution in [1.82, 2.24) is 0 Å². The molecule has 0 saturated heterocycles. The number of amides is 1. The highest BCUT2D eigenvalue weighted by Gasteiger charge is 2.73. The molecule has 0 fully saturated rings. The summed E-state index contributed by atoms with van der Waals surface area (Å²) in [5.74, 6) is -3.14. The second-order valence-corrected chi connectivity index (χ2v) is 3.97. The van der Waals surface area contributed by atoms with Gasteiger partial charge in [-0.15, -0.1) is 6.58 Å². The maximum atomic E-state index is 12.8. The monoisotopic (exact) mass is 315 g/mol. The van der Waals surface area contributed by atoms with Gasteiger partial charge >= 0.3 is 12.4 Å². The molecule has 0 bridgehead atoms. The first-order valence-electron chi connectivity index (χ1n) is 5.30. The maximum absolute atomic E-state index is 12.8. The van der Waals surface area contributed by atoms with E-state index >= 15 is 0 Å². The first kappa shape index (κ1) is 17.0. The zero-order chi connectivity index (χ0) is 16.5. The molecule has 1 amide bonds. The van der Waals surface area contributed by atoms with Gasteiger partial charge in [0, 0.05) is 5.69 Å². The van der Waals surface area contributed by atoms with Crippen LogP contribution in [0.25, 0.3) is 0 Å². The molecule has 0 unspecified atom stereocenters. The van der Waals surface area contributed by atoms with Crippen molar-refractivity contribution >= 4 is 11.6 Å². The second kappa shape index (κ2) is 5.38. The minimum atomic E-state index is -5.93. The number of anilines is 1. The van der Waals surface area contributed by atoms with Crippen LogP contribution in [-0.2, 0) is 4.79 Å². The molecule has 0 aliphatic carbocycles. The fourth-order valence-corrected chi connectivity index (χ4v) is 1.51. The number of alkyl halides is 6. The summed E-state index contributed by atoms with van der Waals surface area (Å²) in [6.45, 7) is 2.48. The highest BCUT2D eigenvalue weighted by atomic mass is 19.4. The van der Waals surface area contributed by atoms with Crippen molar-refractivity contribution in [3.63, 3.8) is 0 Å². The second-order valence-electron chi connectivity index (χ2n) is 3.97. The van der Waals surface area contributed by atoms with Crippen molar-refractivity contribution in [2.75, 3.05) is 5.32 Å². The highest BCUT2D eigenvalue weighted by Crippen LogP contribution is 2.51. The van der Waals surface area contributed by atoms with Gasteiger partial charge in [0.2, 0.25) is 0 Å². The van der Waals surface area contributed by atoms with Gasteiger partial charge in [-0.1, -0.05) is 6.08 Å². The fraction of sp³-hybridized carbons (Fsp3) is 0.250. The average Bonchev–Trinajstić information content (AvgIpc) is 2.29. The first-order valence-corrected chi connectivity index (χ1v) is 5.30. The number of nitrogens with one attached hydrogen (secondary N) is 1. The van der Waals surface area contributed by atoms with Crippen molar-refractivity contribution in [1.29, 1.82) is 0 Å². The number of benzene rings is 1. The van der Waals surface area contributed by atoms with E-state index in [4.69, 9.17) is 0 Å². The van der Waals surface area contributed by atoms with Crippen LogP contribution in [0.5, 0.6) is 0 Å². The standard InChI is InChI=1S/C12H8F7NO/c1-2-10(11(14,15)16,12(17,18)19)9(21)20-8-5-3-7(13)4-6-8/h2-6H,1H2,(H,20,21). The molecule has 116 valence electrons. The number of hydrogen-bond donors (Lipinski definition) is 1. The van der Waals surface area contributed by atoms with Crippen LogP contribution in [-0.4, -0.2) is 18.3 Å². The molecule has 21 heavy (non-hydrogen) atoms. The Morgan fingerprint density at radius 3 is 1.76 bits per heavy atom. The number of carbonyl (C=O) groups is 1. The minimum absolute atomic E-state index is 0.416. The Morgan fingerprint density at radius 2 is 1.43 bits per heavy atom. The molecule has 1 rings (SSSR count). The number of hydrogen-bond acceptors (Lipinski definition) is 1. The molecule has 0 aliphatic rings. The van der Waals surface area contributed by atoms with E-state index in [0.29, 0.717) is 0 Å². The van der Waals surface area contributed by atoms with Crippen molar-refractivity contribution in [2.24, 2.45) is 5.41 Å². The summed E-state index contributed by atoms with van der Waals surface area (Å²) in [4.78, 5) is 11.5. The van der Waals surface area contributed by atoms with E-state index in [-0.39, 0.29) is 0 Å². The van der Waals surface area contributed by atoms with Crippen LogP contribution < -0.4 is 5.32 Å². The topological polar surface area (TPSA) is 29.1 Å². The van der Waals surface area contributed by atoms with Gasteiger partial charge in [-0.05, 0) is 24.3 Å². The lowest BCUT2D eigenvalue weighted by atomic mass is 9.85. The Morgan fingerprint density at radius 1 is 1.00 bits per heavy atom. The van der Waals surface area contributed by atoms with Crippen LogP contribution in [0.15, 0.2) is 36.9 Å². The summed E-state index contributed by atoms with van der Waals surface area (Å²) in [7, 11) is 0. The lowest BCUT2D eigenvalue weighted by Gasteiger charge is -2.33. The summed E-state index contributed by atoms with van der Waals surface area (Å²) < 4.78 is 89.3. The van der Waals surface area contributed by atoms with E-state index in [1.807, 2.05) is 0 Å². The molecule has 0 heterocycles. The molecular weight excluding hydrogens is 307 g/mol. The third kappa shape index (κ3) is 3.01. The zero-order valence-electron chi connectivity index (χ0n) is 10.1. The van der Waals surface area contributed by atoms with Gasteiger partial charge in [0.05, 0.1) is 0 Å².